The van der Waals surface area contributed by atoms with E-state index < -0.39 is 91.2 Å². The largest absolute Gasteiger partial charge is 0.493 e. The summed E-state index contributed by atoms with van der Waals surface area (Å²) >= 11 is 0. The highest BCUT2D eigenvalue weighted by Crippen LogP contribution is 2.42. The van der Waals surface area contributed by atoms with E-state index in [-0.39, 0.29) is 129 Å². The summed E-state index contributed by atoms with van der Waals surface area (Å²) in [7, 11) is 4.51. The van der Waals surface area contributed by atoms with Crippen molar-refractivity contribution in [3.63, 3.8) is 0 Å². The van der Waals surface area contributed by atoms with Crippen LogP contribution in [-0.2, 0) is 49.3 Å². The molecule has 7 atom stereocenters. The van der Waals surface area contributed by atoms with E-state index in [9.17, 15) is 59.1 Å². The lowest BCUT2D eigenvalue weighted by Gasteiger charge is -2.38. The normalized spacial score (nSPS) is 20.4. The Balaban J connectivity index is 1.04. The predicted octanol–water partition coefficient (Wildman–Crippen LogP) is -0.917. The molecule has 2 fully saturated rings. The highest BCUT2D eigenvalue weighted by Gasteiger charge is 2.49. The van der Waals surface area contributed by atoms with Crippen LogP contribution in [0.4, 0.5) is 22.0 Å². The number of nitrogens with zero attached hydrogens (tertiary/aromatic N) is 5. The van der Waals surface area contributed by atoms with Crippen LogP contribution in [0.1, 0.15) is 73.1 Å². The van der Waals surface area contributed by atoms with Gasteiger partial charge in [-0.25, -0.2) is 25.4 Å². The number of carbonyl (C=O) groups is 7. The van der Waals surface area contributed by atoms with Gasteiger partial charge in [-0.1, -0.05) is 18.2 Å². The Bertz CT molecular complexity index is 2980. The van der Waals surface area contributed by atoms with Crippen LogP contribution in [-0.4, -0.2) is 194 Å². The number of methoxy groups -OCH3 is 1. The SMILES string of the molecule is C=C1C[C@H]2C(O)N(C(=O)OCc3ccc(O[C@@H]4O[C@H](C(=O)O)[C@@H](O)[C@H](O)[C@H]4O)c(C(=O)NCCOCCON)c3)c3cc(OCCCC(=O)Nc4cc(C(=O)Nc5cn(C)c(C(=O)NCCCO)n5)n(C)c4)c(OC)cc3C(=O)N2C1. The number of hydrogen-bond donors (Lipinski definition) is 11. The number of benzene rings is 2. The molecule has 30 heteroatoms. The minimum Gasteiger partial charge on any atom is -0.493 e. The number of carboxylic acid groups (broad SMARTS) is 1. The molecule has 4 aromatic rings. The molecular weight excluding hydrogens is 1070 g/mol. The molecule has 3 aliphatic heterocycles. The topological polar surface area (TPSA) is 409 Å². The highest BCUT2D eigenvalue weighted by molar-refractivity contribution is 6.07. The van der Waals surface area contributed by atoms with E-state index in [1.807, 2.05) is 0 Å². The molecule has 438 valence electrons. The number of aliphatic carboxylic acids is 1. The van der Waals surface area contributed by atoms with Gasteiger partial charge in [0.05, 0.1) is 62.1 Å². The molecular formula is C51H64N10O20. The maximum absolute atomic E-state index is 14.4. The van der Waals surface area contributed by atoms with Crippen LogP contribution in [0.2, 0.25) is 0 Å². The number of aryl methyl sites for hydroxylation is 2. The monoisotopic (exact) mass is 1140 g/mol. The highest BCUT2D eigenvalue weighted by atomic mass is 16.7. The van der Waals surface area contributed by atoms with Crippen molar-refractivity contribution in [1.29, 1.82) is 0 Å². The molecule has 0 aliphatic carbocycles. The smallest absolute Gasteiger partial charge is 0.416 e. The lowest BCUT2D eigenvalue weighted by atomic mass is 9.99. The van der Waals surface area contributed by atoms with Crippen LogP contribution in [0.25, 0.3) is 0 Å². The van der Waals surface area contributed by atoms with E-state index in [0.29, 0.717) is 17.7 Å². The molecule has 30 nitrogen and oxygen atoms in total. The van der Waals surface area contributed by atoms with Crippen LogP contribution in [0.5, 0.6) is 17.2 Å². The lowest BCUT2D eigenvalue weighted by Crippen LogP contribution is -2.61. The van der Waals surface area contributed by atoms with Gasteiger partial charge in [0.2, 0.25) is 18.0 Å². The zero-order chi connectivity index (χ0) is 58.7. The maximum Gasteiger partial charge on any atom is 0.416 e. The summed E-state index contributed by atoms with van der Waals surface area (Å²) in [6, 6.07) is 6.96. The third-order valence-electron chi connectivity index (χ3n) is 13.0. The quantitative estimate of drug-likeness (QED) is 0.0217. The van der Waals surface area contributed by atoms with Gasteiger partial charge in [0.15, 0.2) is 29.6 Å². The number of aliphatic hydroxyl groups is 5. The second kappa shape index (κ2) is 27.3. The average Bonchev–Trinajstić information content (AvgIpc) is 4.13. The van der Waals surface area contributed by atoms with E-state index >= 15 is 0 Å². The zero-order valence-electron chi connectivity index (χ0n) is 44.3. The van der Waals surface area contributed by atoms with Gasteiger partial charge in [-0.3, -0.25) is 24.0 Å². The minimum atomic E-state index is -2.02. The summed E-state index contributed by atoms with van der Waals surface area (Å²) in [5.74, 6) is 0.457. The minimum absolute atomic E-state index is 0.0118. The first-order valence-corrected chi connectivity index (χ1v) is 25.3. The number of carbonyl (C=O) groups excluding carboxylic acids is 6. The van der Waals surface area contributed by atoms with Crippen molar-refractivity contribution in [2.45, 2.75) is 75.3 Å². The summed E-state index contributed by atoms with van der Waals surface area (Å²) in [6.45, 7) is 3.69. The first-order chi connectivity index (χ1) is 38.7. The van der Waals surface area contributed by atoms with E-state index in [2.05, 4.69) is 37.7 Å². The molecule has 0 spiro atoms. The Morgan fingerprint density at radius 2 is 1.62 bits per heavy atom. The number of fused-ring (bicyclic) bond motifs is 2. The summed E-state index contributed by atoms with van der Waals surface area (Å²) < 4.78 is 36.7. The number of hydrogen-bond acceptors (Lipinski definition) is 21. The van der Waals surface area contributed by atoms with Crippen molar-refractivity contribution in [3.8, 4) is 17.2 Å². The number of amides is 6. The molecule has 0 radical (unpaired) electrons. The fourth-order valence-corrected chi connectivity index (χ4v) is 8.94. The Morgan fingerprint density at radius 1 is 0.852 bits per heavy atom. The van der Waals surface area contributed by atoms with Crippen LogP contribution >= 0.6 is 0 Å². The van der Waals surface area contributed by atoms with E-state index in [1.165, 1.54) is 69.9 Å². The second-order valence-electron chi connectivity index (χ2n) is 18.8. The second-order valence-corrected chi connectivity index (χ2v) is 18.8. The van der Waals surface area contributed by atoms with Gasteiger partial charge in [0, 0.05) is 65.2 Å². The van der Waals surface area contributed by atoms with Crippen molar-refractivity contribution in [2.75, 3.05) is 75.3 Å². The number of aromatic nitrogens is 3. The van der Waals surface area contributed by atoms with Crippen molar-refractivity contribution in [1.82, 2.24) is 29.7 Å². The van der Waals surface area contributed by atoms with Crippen LogP contribution in [0.15, 0.2) is 60.9 Å². The fraction of sp³-hybridized carbons (Fsp3) is 0.451. The predicted molar refractivity (Wildman–Crippen MR) is 279 cm³/mol. The van der Waals surface area contributed by atoms with Crippen molar-refractivity contribution >= 4 is 58.8 Å². The molecule has 12 N–H and O–H groups in total. The lowest BCUT2D eigenvalue weighted by molar-refractivity contribution is -0.271. The van der Waals surface area contributed by atoms with Crippen molar-refractivity contribution in [3.05, 3.63) is 89.2 Å². The Hall–Kier alpha value is -8.20. The van der Waals surface area contributed by atoms with Crippen molar-refractivity contribution in [2.24, 2.45) is 20.0 Å². The summed E-state index contributed by atoms with van der Waals surface area (Å²) in [5.41, 5.74) is 0.791. The van der Waals surface area contributed by atoms with Gasteiger partial charge in [0.25, 0.3) is 23.6 Å². The Morgan fingerprint density at radius 3 is 2.35 bits per heavy atom. The van der Waals surface area contributed by atoms with Crippen LogP contribution in [0, 0.1) is 0 Å². The number of carboxylic acids is 1. The van der Waals surface area contributed by atoms with E-state index in [1.54, 1.807) is 14.1 Å². The zero-order valence-corrected chi connectivity index (χ0v) is 44.3. The van der Waals surface area contributed by atoms with Crippen LogP contribution in [0.3, 0.4) is 0 Å². The average molecular weight is 1140 g/mol. The van der Waals surface area contributed by atoms with E-state index in [4.69, 9.17) is 39.4 Å². The first kappa shape index (κ1) is 60.4. The third kappa shape index (κ3) is 14.4. The third-order valence-corrected chi connectivity index (χ3v) is 13.0. The van der Waals surface area contributed by atoms with Gasteiger partial charge in [-0.05, 0) is 49.1 Å². The molecule has 3 aliphatic rings. The molecule has 81 heavy (non-hydrogen) atoms. The molecule has 2 saturated heterocycles. The van der Waals surface area contributed by atoms with Crippen molar-refractivity contribution < 1.29 is 97.5 Å². The summed E-state index contributed by atoms with van der Waals surface area (Å²) in [6.07, 6.45) is -9.25. The molecule has 0 bridgehead atoms. The number of nitrogens with two attached hydrogens (primary N) is 1. The molecule has 2 aromatic heterocycles. The number of aliphatic hydroxyl groups excluding tert-OH is 5. The Kier molecular flexibility index (Phi) is 20.4. The van der Waals surface area contributed by atoms with Gasteiger partial charge in [-0.2, -0.15) is 0 Å². The molecule has 0 saturated carbocycles. The maximum atomic E-state index is 14.4. The number of nitrogens with one attached hydrogen (secondary N) is 4. The van der Waals surface area contributed by atoms with Gasteiger partial charge < -0.3 is 99.2 Å². The molecule has 6 amide bonds. The fourth-order valence-electron chi connectivity index (χ4n) is 8.94. The summed E-state index contributed by atoms with van der Waals surface area (Å²) in [4.78, 5) is 104. The van der Waals surface area contributed by atoms with Gasteiger partial charge in [-0.15, -0.1) is 0 Å². The molecule has 1 unspecified atom stereocenters. The molecule has 7 rings (SSSR count). The number of anilines is 3. The Labute approximate surface area is 461 Å². The van der Waals surface area contributed by atoms with Gasteiger partial charge >= 0.3 is 12.1 Å². The van der Waals surface area contributed by atoms with E-state index in [0.717, 1.165) is 4.90 Å². The number of imidazole rings is 1. The number of rotatable bonds is 25. The van der Waals surface area contributed by atoms with Crippen LogP contribution < -0.4 is 46.3 Å². The standard InChI is InChI=1S/C51H64N10O20/c1-26-17-33-48(71)61(51(74)78-25-27-8-9-34(30(18-27)44(67)54-11-14-76-15-16-79-52)80-50-41(66)39(64)40(65)42(81-50)49(72)73)31-21-36(35(75-4)20-29(31)47(70)60(33)22-26)77-13-5-7-38(63)55-28-19-32(58(2)23-28)45(68)57-37-24-59(3)43(56-37)46(69)53-10-6-12-62/h8-9,18-21,23-24,33,39-42,48,50,62,64-66,71H,1,5-7,10-17,22,25,52H2,2-4H3,(H,53,69)(H,54,67)(H,55,63)(H,57,68)(H,72,73)/t33-,39-,40-,41+,42-,48?,50+/m0/s1. The van der Waals surface area contributed by atoms with Gasteiger partial charge in [0.1, 0.15) is 36.4 Å². The molecule has 2 aromatic carbocycles. The summed E-state index contributed by atoms with van der Waals surface area (Å²) in [5, 5.41) is 72.4. The first-order valence-electron chi connectivity index (χ1n) is 25.3. The molecule has 5 heterocycles. The number of ether oxygens (including phenoxy) is 6.